The maximum Gasteiger partial charge on any atom is 0.357 e. The minimum atomic E-state index is -0.561. The Morgan fingerprint density at radius 2 is 1.86 bits per heavy atom. The molecule has 0 aliphatic rings. The van der Waals surface area contributed by atoms with Crippen LogP contribution in [0.2, 0.25) is 0 Å². The lowest BCUT2D eigenvalue weighted by molar-refractivity contribution is -0.138. The van der Waals surface area contributed by atoms with Gasteiger partial charge in [-0.15, -0.1) is 5.10 Å². The minimum Gasteiger partial charge on any atom is -0.465 e. The quantitative estimate of drug-likeness (QED) is 0.368. The Hall–Kier alpha value is -4.00. The van der Waals surface area contributed by atoms with Gasteiger partial charge in [-0.1, -0.05) is 54.6 Å². The third-order valence-electron chi connectivity index (χ3n) is 4.38. The molecule has 2 aromatic heterocycles. The molecule has 0 unspecified atom stereocenters. The first-order chi connectivity index (χ1) is 14.2. The number of furan rings is 1. The largest absolute Gasteiger partial charge is 0.465 e. The van der Waals surface area contributed by atoms with Gasteiger partial charge >= 0.3 is 5.97 Å². The first-order valence-electron chi connectivity index (χ1n) is 9.03. The van der Waals surface area contributed by atoms with Crippen molar-refractivity contribution in [2.45, 2.75) is 13.5 Å². The van der Waals surface area contributed by atoms with Gasteiger partial charge in [0.1, 0.15) is 12.4 Å². The summed E-state index contributed by atoms with van der Waals surface area (Å²) in [4.78, 5) is 13.0. The van der Waals surface area contributed by atoms with Gasteiger partial charge in [-0.25, -0.2) is 4.79 Å². The Balaban J connectivity index is 1.68. The Morgan fingerprint density at radius 1 is 1.07 bits per heavy atom. The van der Waals surface area contributed by atoms with E-state index in [-0.39, 0.29) is 12.3 Å². The summed E-state index contributed by atoms with van der Waals surface area (Å²) in [6.45, 7) is 2.11. The van der Waals surface area contributed by atoms with Gasteiger partial charge < -0.3 is 9.15 Å². The van der Waals surface area contributed by atoms with Crippen molar-refractivity contribution >= 4 is 17.7 Å². The van der Waals surface area contributed by atoms with E-state index >= 15 is 0 Å². The molecular formula is C22H18N4O3. The molecule has 0 saturated carbocycles. The summed E-state index contributed by atoms with van der Waals surface area (Å²) >= 11 is 0. The van der Waals surface area contributed by atoms with Crippen molar-refractivity contribution in [1.29, 1.82) is 0 Å². The number of nitrogens with zero attached hydrogens (tertiary/aromatic N) is 4. The maximum atomic E-state index is 13.0. The highest BCUT2D eigenvalue weighted by Gasteiger charge is 2.21. The van der Waals surface area contributed by atoms with Gasteiger partial charge in [-0.2, -0.15) is 4.68 Å². The van der Waals surface area contributed by atoms with Crippen LogP contribution in [0.3, 0.4) is 0 Å². The maximum absolute atomic E-state index is 13.0. The van der Waals surface area contributed by atoms with Crippen LogP contribution in [-0.2, 0) is 16.1 Å². The van der Waals surface area contributed by atoms with Gasteiger partial charge in [0, 0.05) is 11.6 Å². The fourth-order valence-electron chi connectivity index (χ4n) is 2.82. The Bertz CT molecular complexity index is 1130. The van der Waals surface area contributed by atoms with Crippen LogP contribution < -0.4 is 0 Å². The smallest absolute Gasteiger partial charge is 0.357 e. The third kappa shape index (κ3) is 4.14. The summed E-state index contributed by atoms with van der Waals surface area (Å²) < 4.78 is 12.3. The highest BCUT2D eigenvalue weighted by molar-refractivity contribution is 6.15. The molecule has 0 N–H and O–H groups in total. The number of carbonyl (C=O) groups excluding carboxylic acids is 1. The molecule has 144 valence electrons. The van der Waals surface area contributed by atoms with Crippen LogP contribution in [0.25, 0.3) is 23.2 Å². The van der Waals surface area contributed by atoms with Crippen molar-refractivity contribution in [3.63, 3.8) is 0 Å². The van der Waals surface area contributed by atoms with Gasteiger partial charge in [0.2, 0.25) is 0 Å². The standard InChI is InChI=1S/C22H18N4O3/c1-16-8-5-6-11-18(16)15-29-22(27)20(14-19-12-7-13-28-19)26-21(23-24-25-26)17-9-3-2-4-10-17/h2-14H,15H2,1H3/b20-14-. The van der Waals surface area contributed by atoms with Crippen LogP contribution in [0.4, 0.5) is 0 Å². The predicted octanol–water partition coefficient (Wildman–Crippen LogP) is 3.98. The molecule has 2 heterocycles. The van der Waals surface area contributed by atoms with Gasteiger partial charge in [-0.3, -0.25) is 0 Å². The second-order valence-electron chi connectivity index (χ2n) is 6.33. The van der Waals surface area contributed by atoms with E-state index in [1.807, 2.05) is 61.5 Å². The zero-order valence-electron chi connectivity index (χ0n) is 15.7. The number of hydrogen-bond acceptors (Lipinski definition) is 6. The van der Waals surface area contributed by atoms with Crippen LogP contribution in [-0.4, -0.2) is 26.2 Å². The number of rotatable bonds is 6. The molecule has 0 fully saturated rings. The summed E-state index contributed by atoms with van der Waals surface area (Å²) in [7, 11) is 0. The van der Waals surface area contributed by atoms with Crippen LogP contribution in [0.5, 0.6) is 0 Å². The van der Waals surface area contributed by atoms with E-state index in [1.54, 1.807) is 18.2 Å². The van der Waals surface area contributed by atoms with E-state index in [9.17, 15) is 4.79 Å². The van der Waals surface area contributed by atoms with Gasteiger partial charge in [-0.05, 0) is 40.6 Å². The molecule has 0 radical (unpaired) electrons. The Kier molecular flexibility index (Phi) is 5.29. The van der Waals surface area contributed by atoms with E-state index in [0.29, 0.717) is 11.6 Å². The number of tetrazole rings is 1. The van der Waals surface area contributed by atoms with Crippen molar-refractivity contribution < 1.29 is 13.9 Å². The molecule has 7 heteroatoms. The van der Waals surface area contributed by atoms with Crippen molar-refractivity contribution in [3.05, 3.63) is 89.9 Å². The van der Waals surface area contributed by atoms with E-state index < -0.39 is 5.97 Å². The number of esters is 1. The highest BCUT2D eigenvalue weighted by atomic mass is 16.5. The number of benzene rings is 2. The van der Waals surface area contributed by atoms with Crippen LogP contribution in [0.1, 0.15) is 16.9 Å². The van der Waals surface area contributed by atoms with Crippen molar-refractivity contribution in [3.8, 4) is 11.4 Å². The highest BCUT2D eigenvalue weighted by Crippen LogP contribution is 2.22. The molecule has 0 aliphatic heterocycles. The van der Waals surface area contributed by atoms with E-state index in [4.69, 9.17) is 9.15 Å². The van der Waals surface area contributed by atoms with Crippen molar-refractivity contribution in [2.75, 3.05) is 0 Å². The fourth-order valence-corrected chi connectivity index (χ4v) is 2.82. The van der Waals surface area contributed by atoms with Gasteiger partial charge in [0.15, 0.2) is 11.5 Å². The summed E-state index contributed by atoms with van der Waals surface area (Å²) in [5, 5.41) is 11.8. The monoisotopic (exact) mass is 386 g/mol. The van der Waals surface area contributed by atoms with Gasteiger partial charge in [0.05, 0.1) is 6.26 Å². The number of ether oxygens (including phenoxy) is 1. The lowest BCUT2D eigenvalue weighted by Crippen LogP contribution is -2.15. The zero-order valence-corrected chi connectivity index (χ0v) is 15.7. The van der Waals surface area contributed by atoms with Crippen LogP contribution >= 0.6 is 0 Å². The number of hydrogen-bond donors (Lipinski definition) is 0. The SMILES string of the molecule is Cc1ccccc1COC(=O)/C(=C/c1ccco1)n1nnnc1-c1ccccc1. The van der Waals surface area contributed by atoms with Crippen LogP contribution in [0.15, 0.2) is 77.4 Å². The summed E-state index contributed by atoms with van der Waals surface area (Å²) in [6, 6.07) is 20.6. The second kappa shape index (κ2) is 8.35. The van der Waals surface area contributed by atoms with E-state index in [1.165, 1.54) is 10.9 Å². The molecule has 29 heavy (non-hydrogen) atoms. The molecular weight excluding hydrogens is 368 g/mol. The number of aryl methyl sites for hydroxylation is 1. The molecule has 0 aliphatic carbocycles. The molecule has 4 rings (SSSR count). The molecule has 0 amide bonds. The average molecular weight is 386 g/mol. The second-order valence-corrected chi connectivity index (χ2v) is 6.33. The first-order valence-corrected chi connectivity index (χ1v) is 9.03. The van der Waals surface area contributed by atoms with Gasteiger partial charge in [0.25, 0.3) is 0 Å². The molecule has 0 spiro atoms. The topological polar surface area (TPSA) is 83.0 Å². The zero-order chi connectivity index (χ0) is 20.1. The fraction of sp³-hybridized carbons (Fsp3) is 0.0909. The van der Waals surface area contributed by atoms with Crippen molar-refractivity contribution in [2.24, 2.45) is 0 Å². The molecule has 0 saturated heterocycles. The lowest BCUT2D eigenvalue weighted by Gasteiger charge is -2.11. The summed E-state index contributed by atoms with van der Waals surface area (Å²) in [5.41, 5.74) is 2.90. The molecule has 0 atom stereocenters. The van der Waals surface area contributed by atoms with Crippen LogP contribution in [0, 0.1) is 6.92 Å². The molecule has 2 aromatic carbocycles. The third-order valence-corrected chi connectivity index (χ3v) is 4.38. The molecule has 0 bridgehead atoms. The normalized spacial score (nSPS) is 11.4. The van der Waals surface area contributed by atoms with Crippen molar-refractivity contribution in [1.82, 2.24) is 20.2 Å². The van der Waals surface area contributed by atoms with E-state index in [0.717, 1.165) is 16.7 Å². The molecule has 7 nitrogen and oxygen atoms in total. The molecule has 4 aromatic rings. The number of carbonyl (C=O) groups is 1. The lowest BCUT2D eigenvalue weighted by atomic mass is 10.1. The predicted molar refractivity (Wildman–Crippen MR) is 107 cm³/mol. The van der Waals surface area contributed by atoms with E-state index in [2.05, 4.69) is 15.5 Å². The Morgan fingerprint density at radius 3 is 2.62 bits per heavy atom. The first kappa shape index (κ1) is 18.4. The minimum absolute atomic E-state index is 0.143. The average Bonchev–Trinajstić information content (AvgIpc) is 3.44. The number of aromatic nitrogens is 4. The Labute approximate surface area is 167 Å². The summed E-state index contributed by atoms with van der Waals surface area (Å²) in [5.74, 6) is 0.354. The summed E-state index contributed by atoms with van der Waals surface area (Å²) in [6.07, 6.45) is 3.09.